The molecule has 0 aliphatic rings. The topological polar surface area (TPSA) is 106 Å². The first-order valence-electron chi connectivity index (χ1n) is 10.1. The average Bonchev–Trinajstić information content (AvgIpc) is 3.27. The summed E-state index contributed by atoms with van der Waals surface area (Å²) in [4.78, 5) is 9.13. The Labute approximate surface area is 181 Å². The van der Waals surface area contributed by atoms with Crippen molar-refractivity contribution in [3.63, 3.8) is 0 Å². The second-order valence-corrected chi connectivity index (χ2v) is 6.45. The van der Waals surface area contributed by atoms with Crippen LogP contribution < -0.4 is 24.8 Å². The Balaban J connectivity index is 1.71. The molecule has 0 aliphatic heterocycles. The Hall–Kier alpha value is -3.75. The number of aromatic nitrogens is 3. The first-order chi connectivity index (χ1) is 15.2. The highest BCUT2D eigenvalue weighted by Gasteiger charge is 2.09. The molecule has 0 unspecified atom stereocenters. The fourth-order valence-corrected chi connectivity index (χ4v) is 2.86. The van der Waals surface area contributed by atoms with Gasteiger partial charge in [-0.2, -0.15) is 5.10 Å². The maximum atomic E-state index is 5.64. The van der Waals surface area contributed by atoms with Crippen molar-refractivity contribution in [1.29, 1.82) is 0 Å². The van der Waals surface area contributed by atoms with Crippen molar-refractivity contribution < 1.29 is 14.2 Å². The lowest BCUT2D eigenvalue weighted by Crippen LogP contribution is -2.30. The lowest BCUT2D eigenvalue weighted by atomic mass is 10.2. The summed E-state index contributed by atoms with van der Waals surface area (Å²) in [5, 5.41) is 13.7. The van der Waals surface area contributed by atoms with E-state index in [4.69, 9.17) is 14.2 Å². The van der Waals surface area contributed by atoms with Gasteiger partial charge in [0.15, 0.2) is 23.3 Å². The summed E-state index contributed by atoms with van der Waals surface area (Å²) in [6, 6.07) is 13.2. The molecule has 1 aromatic heterocycles. The number of guanidine groups is 1. The Bertz CT molecular complexity index is 1000. The molecule has 2 aromatic carbocycles. The summed E-state index contributed by atoms with van der Waals surface area (Å²) in [6.07, 6.45) is 0. The van der Waals surface area contributed by atoms with Crippen LogP contribution in [0.2, 0.25) is 0 Å². The summed E-state index contributed by atoms with van der Waals surface area (Å²) in [5.41, 5.74) is 1.74. The van der Waals surface area contributed by atoms with Crippen LogP contribution in [0, 0.1) is 0 Å². The Morgan fingerprint density at radius 2 is 1.84 bits per heavy atom. The molecule has 0 fully saturated rings. The molecule has 0 atom stereocenters. The van der Waals surface area contributed by atoms with Crippen molar-refractivity contribution in [3.05, 3.63) is 48.3 Å². The molecule has 9 nitrogen and oxygen atoms in total. The van der Waals surface area contributed by atoms with Gasteiger partial charge in [-0.1, -0.05) is 0 Å². The van der Waals surface area contributed by atoms with E-state index in [-0.39, 0.29) is 0 Å². The number of aliphatic imine (C=N–C) groups is 1. The van der Waals surface area contributed by atoms with Gasteiger partial charge in [-0.15, -0.1) is 0 Å². The standard InChI is InChI=1S/C22H28N6O3/c1-5-23-22(25-16-9-12-18(30-4)19(13-16)31-6-2)24-14-20-26-21(28-27-20)15-7-10-17(29-3)11-8-15/h7-13H,5-6,14H2,1-4H3,(H2,23,24,25)(H,26,27,28). The van der Waals surface area contributed by atoms with Crippen LogP contribution in [0.15, 0.2) is 47.5 Å². The molecule has 3 aromatic rings. The van der Waals surface area contributed by atoms with Gasteiger partial charge in [0.1, 0.15) is 18.1 Å². The first kappa shape index (κ1) is 21.9. The van der Waals surface area contributed by atoms with Gasteiger partial charge < -0.3 is 24.8 Å². The van der Waals surface area contributed by atoms with E-state index in [1.165, 1.54) is 0 Å². The molecule has 9 heteroatoms. The molecule has 3 rings (SSSR count). The minimum absolute atomic E-state index is 0.340. The van der Waals surface area contributed by atoms with Gasteiger partial charge in [-0.05, 0) is 50.2 Å². The minimum atomic E-state index is 0.340. The molecular formula is C22H28N6O3. The maximum absolute atomic E-state index is 5.64. The van der Waals surface area contributed by atoms with E-state index in [1.54, 1.807) is 14.2 Å². The number of hydrogen-bond acceptors (Lipinski definition) is 6. The highest BCUT2D eigenvalue weighted by Crippen LogP contribution is 2.30. The van der Waals surface area contributed by atoms with Crippen molar-refractivity contribution in [2.45, 2.75) is 20.4 Å². The van der Waals surface area contributed by atoms with Crippen molar-refractivity contribution in [3.8, 4) is 28.6 Å². The number of aromatic amines is 1. The van der Waals surface area contributed by atoms with E-state index in [9.17, 15) is 0 Å². The van der Waals surface area contributed by atoms with Gasteiger partial charge in [0, 0.05) is 23.9 Å². The number of rotatable bonds is 9. The Kier molecular flexibility index (Phi) is 7.69. The highest BCUT2D eigenvalue weighted by molar-refractivity contribution is 5.93. The summed E-state index contributed by atoms with van der Waals surface area (Å²) in [5.74, 6) is 4.04. The summed E-state index contributed by atoms with van der Waals surface area (Å²) in [7, 11) is 3.26. The van der Waals surface area contributed by atoms with Gasteiger partial charge in [0.05, 0.1) is 20.8 Å². The van der Waals surface area contributed by atoms with E-state index in [1.807, 2.05) is 56.3 Å². The third-order valence-electron chi connectivity index (χ3n) is 4.34. The molecule has 0 amide bonds. The van der Waals surface area contributed by atoms with E-state index in [0.29, 0.717) is 48.8 Å². The zero-order chi connectivity index (χ0) is 22.1. The monoisotopic (exact) mass is 424 g/mol. The molecule has 3 N–H and O–H groups in total. The average molecular weight is 425 g/mol. The van der Waals surface area contributed by atoms with Crippen molar-refractivity contribution in [2.75, 3.05) is 32.7 Å². The normalized spacial score (nSPS) is 11.2. The van der Waals surface area contributed by atoms with Gasteiger partial charge in [-0.25, -0.2) is 9.98 Å². The fraction of sp³-hybridized carbons (Fsp3) is 0.318. The number of nitrogens with one attached hydrogen (secondary N) is 3. The lowest BCUT2D eigenvalue weighted by Gasteiger charge is -2.14. The van der Waals surface area contributed by atoms with Gasteiger partial charge >= 0.3 is 0 Å². The highest BCUT2D eigenvalue weighted by atomic mass is 16.5. The molecule has 0 spiro atoms. The number of benzene rings is 2. The third kappa shape index (κ3) is 5.88. The van der Waals surface area contributed by atoms with Crippen LogP contribution in [0.5, 0.6) is 17.2 Å². The van der Waals surface area contributed by atoms with Crippen molar-refractivity contribution in [1.82, 2.24) is 20.5 Å². The molecular weight excluding hydrogens is 396 g/mol. The van der Waals surface area contributed by atoms with Crippen molar-refractivity contribution in [2.24, 2.45) is 4.99 Å². The van der Waals surface area contributed by atoms with Gasteiger partial charge in [0.25, 0.3) is 0 Å². The van der Waals surface area contributed by atoms with Crippen LogP contribution >= 0.6 is 0 Å². The third-order valence-corrected chi connectivity index (χ3v) is 4.34. The zero-order valence-electron chi connectivity index (χ0n) is 18.2. The minimum Gasteiger partial charge on any atom is -0.497 e. The molecule has 0 saturated heterocycles. The fourth-order valence-electron chi connectivity index (χ4n) is 2.86. The summed E-state index contributed by atoms with van der Waals surface area (Å²) in [6.45, 7) is 5.55. The summed E-state index contributed by atoms with van der Waals surface area (Å²) < 4.78 is 16.2. The number of methoxy groups -OCH3 is 2. The molecule has 0 saturated carbocycles. The number of ether oxygens (including phenoxy) is 3. The predicted octanol–water partition coefficient (Wildman–Crippen LogP) is 3.47. The van der Waals surface area contributed by atoms with E-state index < -0.39 is 0 Å². The molecule has 164 valence electrons. The van der Waals surface area contributed by atoms with Crippen molar-refractivity contribution >= 4 is 11.6 Å². The molecule has 0 radical (unpaired) electrons. The molecule has 1 heterocycles. The molecule has 0 aliphatic carbocycles. The number of H-pyrrole nitrogens is 1. The van der Waals surface area contributed by atoms with Gasteiger partial charge in [0.2, 0.25) is 0 Å². The van der Waals surface area contributed by atoms with Crippen LogP contribution in [0.3, 0.4) is 0 Å². The smallest absolute Gasteiger partial charge is 0.196 e. The van der Waals surface area contributed by atoms with Gasteiger partial charge in [-0.3, -0.25) is 5.10 Å². The van der Waals surface area contributed by atoms with E-state index in [0.717, 1.165) is 17.0 Å². The molecule has 31 heavy (non-hydrogen) atoms. The maximum Gasteiger partial charge on any atom is 0.196 e. The lowest BCUT2D eigenvalue weighted by molar-refractivity contribution is 0.311. The van der Waals surface area contributed by atoms with Crippen LogP contribution in [0.25, 0.3) is 11.4 Å². The first-order valence-corrected chi connectivity index (χ1v) is 10.1. The Morgan fingerprint density at radius 3 is 2.52 bits per heavy atom. The summed E-state index contributed by atoms with van der Waals surface area (Å²) >= 11 is 0. The van der Waals surface area contributed by atoms with Crippen LogP contribution in [0.1, 0.15) is 19.7 Å². The van der Waals surface area contributed by atoms with Crippen LogP contribution in [-0.2, 0) is 6.54 Å². The van der Waals surface area contributed by atoms with E-state index in [2.05, 4.69) is 30.8 Å². The quantitative estimate of drug-likeness (QED) is 0.357. The SMILES string of the molecule is CCNC(=NCc1nc(-c2ccc(OC)cc2)n[nH]1)Nc1ccc(OC)c(OCC)c1. The second-order valence-electron chi connectivity index (χ2n) is 6.45. The molecule has 0 bridgehead atoms. The Morgan fingerprint density at radius 1 is 1.03 bits per heavy atom. The number of hydrogen-bond donors (Lipinski definition) is 3. The second kappa shape index (κ2) is 10.9. The van der Waals surface area contributed by atoms with Crippen LogP contribution in [0.4, 0.5) is 5.69 Å². The van der Waals surface area contributed by atoms with E-state index >= 15 is 0 Å². The van der Waals surface area contributed by atoms with Crippen LogP contribution in [-0.4, -0.2) is 48.5 Å². The largest absolute Gasteiger partial charge is 0.497 e. The zero-order valence-corrected chi connectivity index (χ0v) is 18.2. The number of nitrogens with zero attached hydrogens (tertiary/aromatic N) is 3. The number of anilines is 1. The predicted molar refractivity (Wildman–Crippen MR) is 121 cm³/mol.